The van der Waals surface area contributed by atoms with Crippen molar-refractivity contribution in [3.63, 3.8) is 0 Å². The molecule has 1 aliphatic heterocycles. The van der Waals surface area contributed by atoms with E-state index in [2.05, 4.69) is 5.32 Å². The Morgan fingerprint density at radius 3 is 2.45 bits per heavy atom. The van der Waals surface area contributed by atoms with Crippen molar-refractivity contribution in [1.29, 1.82) is 0 Å². The van der Waals surface area contributed by atoms with Crippen LogP contribution in [0.5, 0.6) is 0 Å². The van der Waals surface area contributed by atoms with Crippen molar-refractivity contribution in [3.8, 4) is 0 Å². The lowest BCUT2D eigenvalue weighted by molar-refractivity contribution is -0.933. The van der Waals surface area contributed by atoms with Crippen LogP contribution >= 0.6 is 11.6 Å². The third kappa shape index (κ3) is 8.28. The summed E-state index contributed by atoms with van der Waals surface area (Å²) < 4.78 is 3.79. The number of nitrogens with zero attached hydrogens (tertiary/aromatic N) is 3. The summed E-state index contributed by atoms with van der Waals surface area (Å²) in [6, 6.07) is 17.3. The zero-order chi connectivity index (χ0) is 34.5. The monoisotopic (exact) mass is 665 g/mol. The van der Waals surface area contributed by atoms with Gasteiger partial charge >= 0.3 is 12.0 Å². The van der Waals surface area contributed by atoms with Crippen LogP contribution in [0.15, 0.2) is 66.7 Å². The molecular weight excluding hydrogens is 622 g/mol. The van der Waals surface area contributed by atoms with E-state index in [0.29, 0.717) is 10.6 Å². The Bertz CT molecular complexity index is 1620. The zero-order valence-electron chi connectivity index (χ0n) is 27.6. The number of hydrogen-bond acceptors (Lipinski definition) is 7. The van der Waals surface area contributed by atoms with Gasteiger partial charge in [-0.3, -0.25) is 9.59 Å². The molecule has 1 fully saturated rings. The zero-order valence-corrected chi connectivity index (χ0v) is 28.3. The molecule has 11 nitrogen and oxygen atoms in total. The van der Waals surface area contributed by atoms with Gasteiger partial charge in [0.25, 0.3) is 5.91 Å². The summed E-state index contributed by atoms with van der Waals surface area (Å²) in [4.78, 5) is 55.2. The number of rotatable bonds is 10. The molecule has 0 bridgehead atoms. The second kappa shape index (κ2) is 14.8. The van der Waals surface area contributed by atoms with Crippen molar-refractivity contribution in [2.24, 2.45) is 5.73 Å². The summed E-state index contributed by atoms with van der Waals surface area (Å²) in [5.41, 5.74) is 6.52. The third-order valence-corrected chi connectivity index (χ3v) is 8.62. The van der Waals surface area contributed by atoms with Crippen molar-refractivity contribution in [1.82, 2.24) is 15.2 Å². The highest BCUT2D eigenvalue weighted by molar-refractivity contribution is 6.30. The SMILES string of the molecule is CC[N+]([O-])(C(=O)CCNC(=O)OC(C)(C)C)N1[C@H](C)CCN([C@H](Cc2cccc3ccccc23)C(N)=O)C(=O)[C@@H]1c1cccc(Cl)c1. The molecule has 0 aliphatic carbocycles. The van der Waals surface area contributed by atoms with Crippen molar-refractivity contribution >= 4 is 46.2 Å². The normalized spacial score (nSPS) is 19.5. The summed E-state index contributed by atoms with van der Waals surface area (Å²) in [7, 11) is 0. The highest BCUT2D eigenvalue weighted by Gasteiger charge is 2.49. The number of alkyl carbamates (subject to hydrolysis) is 1. The van der Waals surface area contributed by atoms with E-state index in [1.807, 2.05) is 42.5 Å². The van der Waals surface area contributed by atoms with Crippen LogP contribution in [0.25, 0.3) is 10.8 Å². The molecule has 3 aromatic rings. The Morgan fingerprint density at radius 2 is 1.79 bits per heavy atom. The van der Waals surface area contributed by atoms with Gasteiger partial charge in [0, 0.05) is 24.5 Å². The number of amides is 4. The van der Waals surface area contributed by atoms with Crippen LogP contribution in [-0.4, -0.2) is 75.8 Å². The highest BCUT2D eigenvalue weighted by atomic mass is 35.5. The second-order valence-electron chi connectivity index (χ2n) is 12.9. The number of carbonyl (C=O) groups excluding carboxylic acids is 4. The van der Waals surface area contributed by atoms with E-state index in [9.17, 15) is 24.4 Å². The fraction of sp³-hybridized carbons (Fsp3) is 0.429. The highest BCUT2D eigenvalue weighted by Crippen LogP contribution is 2.37. The molecule has 0 aromatic heterocycles. The maximum Gasteiger partial charge on any atom is 0.407 e. The van der Waals surface area contributed by atoms with E-state index in [0.717, 1.165) is 16.3 Å². The Morgan fingerprint density at radius 1 is 1.11 bits per heavy atom. The van der Waals surface area contributed by atoms with E-state index in [1.165, 1.54) is 9.91 Å². The maximum atomic E-state index is 14.7. The molecule has 4 rings (SSSR count). The topological polar surface area (TPSA) is 145 Å². The molecular formula is C35H44ClN5O6. The Balaban J connectivity index is 1.72. The van der Waals surface area contributed by atoms with Gasteiger partial charge in [0.1, 0.15) is 18.2 Å². The van der Waals surface area contributed by atoms with Crippen molar-refractivity contribution in [2.75, 3.05) is 19.6 Å². The molecule has 0 radical (unpaired) electrons. The summed E-state index contributed by atoms with van der Waals surface area (Å²) >= 11 is 6.38. The van der Waals surface area contributed by atoms with Gasteiger partial charge in [0.2, 0.25) is 5.91 Å². The minimum Gasteiger partial charge on any atom is -0.604 e. The Kier molecular flexibility index (Phi) is 11.3. The predicted octanol–water partition coefficient (Wildman–Crippen LogP) is 5.24. The molecule has 3 aromatic carbocycles. The quantitative estimate of drug-likeness (QED) is 0.222. The molecule has 1 unspecified atom stereocenters. The lowest BCUT2D eigenvalue weighted by Gasteiger charge is -2.50. The van der Waals surface area contributed by atoms with E-state index in [1.54, 1.807) is 58.9 Å². The van der Waals surface area contributed by atoms with Gasteiger partial charge in [0.05, 0.1) is 12.5 Å². The molecule has 0 spiro atoms. The minimum absolute atomic E-state index is 0.129. The lowest BCUT2D eigenvalue weighted by Crippen LogP contribution is -2.65. The molecule has 3 N–H and O–H groups in total. The summed E-state index contributed by atoms with van der Waals surface area (Å²) in [5.74, 6) is -1.96. The third-order valence-electron chi connectivity index (χ3n) is 8.38. The van der Waals surface area contributed by atoms with Gasteiger partial charge in [-0.25, -0.2) is 14.3 Å². The number of halogens is 1. The van der Waals surface area contributed by atoms with Crippen molar-refractivity contribution in [3.05, 3.63) is 88.1 Å². The number of nitrogens with two attached hydrogens (primary N) is 1. The summed E-state index contributed by atoms with van der Waals surface area (Å²) in [6.07, 6.45) is -0.557. The number of fused-ring (bicyclic) bond motifs is 1. The van der Waals surface area contributed by atoms with Gasteiger partial charge in [-0.2, -0.15) is 0 Å². The molecule has 12 heteroatoms. The number of nitrogens with one attached hydrogen (secondary N) is 1. The smallest absolute Gasteiger partial charge is 0.407 e. The molecule has 1 aliphatic rings. The maximum absolute atomic E-state index is 14.7. The Labute approximate surface area is 280 Å². The molecule has 0 saturated carbocycles. The molecule has 252 valence electrons. The van der Waals surface area contributed by atoms with Crippen LogP contribution in [0.4, 0.5) is 4.79 Å². The van der Waals surface area contributed by atoms with Crippen LogP contribution in [0.3, 0.4) is 0 Å². The largest absolute Gasteiger partial charge is 0.604 e. The van der Waals surface area contributed by atoms with E-state index >= 15 is 0 Å². The van der Waals surface area contributed by atoms with Crippen molar-refractivity contribution < 1.29 is 28.7 Å². The van der Waals surface area contributed by atoms with Crippen LogP contribution < -0.4 is 11.1 Å². The second-order valence-corrected chi connectivity index (χ2v) is 13.3. The molecule has 4 atom stereocenters. The number of benzene rings is 3. The van der Waals surface area contributed by atoms with Crippen molar-refractivity contribution in [2.45, 2.75) is 77.6 Å². The number of primary amides is 1. The number of hydroxylamine groups is 2. The number of hydrogen-bond donors (Lipinski definition) is 2. The molecule has 1 heterocycles. The number of ether oxygens (including phenoxy) is 1. The average molecular weight is 666 g/mol. The minimum atomic E-state index is -1.46. The van der Waals surface area contributed by atoms with Crippen LogP contribution in [0, 0.1) is 5.21 Å². The summed E-state index contributed by atoms with van der Waals surface area (Å²) in [5, 5.41) is 20.9. The summed E-state index contributed by atoms with van der Waals surface area (Å²) in [6.45, 7) is 8.30. The lowest BCUT2D eigenvalue weighted by atomic mass is 9.96. The van der Waals surface area contributed by atoms with Crippen LogP contribution in [0.1, 0.15) is 64.6 Å². The predicted molar refractivity (Wildman–Crippen MR) is 180 cm³/mol. The standard InChI is InChI=1S/C35H44ClN5O6/c1-6-41(46,30(42)17-19-38-34(45)47-35(3,4)5)40-23(2)18-20-39(33(44)31(40)26-14-10-15-27(36)21-26)29(32(37)43)22-25-13-9-12-24-11-7-8-16-28(24)25/h7-16,21,23,29,31H,6,17-20,22H2,1-5H3,(H2,37,43)(H,38,45)/t23-,29-,31+,41?/m1/s1. The first kappa shape index (κ1) is 35.8. The Hall–Kier alpha value is -4.03. The van der Waals surface area contributed by atoms with E-state index in [-0.39, 0.29) is 38.9 Å². The van der Waals surface area contributed by atoms with Gasteiger partial charge in [-0.1, -0.05) is 66.2 Å². The number of quaternary nitrogens is 1. The van der Waals surface area contributed by atoms with Crippen LogP contribution in [0.2, 0.25) is 5.02 Å². The first-order valence-corrected chi connectivity index (χ1v) is 16.2. The molecule has 1 saturated heterocycles. The number of carbonyl (C=O) groups is 4. The average Bonchev–Trinajstić information content (AvgIpc) is 3.14. The molecule has 47 heavy (non-hydrogen) atoms. The van der Waals surface area contributed by atoms with E-state index in [4.69, 9.17) is 22.1 Å². The van der Waals surface area contributed by atoms with Gasteiger partial charge in [-0.05, 0) is 75.1 Å². The fourth-order valence-corrected chi connectivity index (χ4v) is 6.35. The van der Waals surface area contributed by atoms with Gasteiger partial charge in [-0.15, -0.1) is 5.01 Å². The fourth-order valence-electron chi connectivity index (χ4n) is 6.15. The first-order valence-electron chi connectivity index (χ1n) is 15.9. The molecule has 4 amide bonds. The van der Waals surface area contributed by atoms with Gasteiger partial charge in [0.15, 0.2) is 6.04 Å². The van der Waals surface area contributed by atoms with Crippen LogP contribution in [-0.2, 0) is 25.5 Å². The van der Waals surface area contributed by atoms with E-state index < -0.39 is 52.3 Å². The first-order chi connectivity index (χ1) is 22.2. The van der Waals surface area contributed by atoms with Gasteiger partial charge < -0.3 is 25.9 Å².